The second-order valence-corrected chi connectivity index (χ2v) is 8.75. The van der Waals surface area contributed by atoms with Crippen molar-refractivity contribution in [3.8, 4) is 0 Å². The van der Waals surface area contributed by atoms with E-state index in [-0.39, 0.29) is 6.98 Å². The van der Waals surface area contributed by atoms with Crippen LogP contribution in [0.3, 0.4) is 0 Å². The molecule has 4 aromatic carbocycles. The van der Waals surface area contributed by atoms with Gasteiger partial charge in [0.25, 0.3) is 0 Å². The lowest BCUT2D eigenvalue weighted by Crippen LogP contribution is -2.47. The molecule has 0 fully saturated rings. The van der Waals surface area contributed by atoms with Gasteiger partial charge in [-0.1, -0.05) is 80.4 Å². The maximum Gasteiger partial charge on any atom is 0.488 e. The van der Waals surface area contributed by atoms with Crippen LogP contribution in [0, 0.1) is 0 Å². The van der Waals surface area contributed by atoms with E-state index in [0.717, 1.165) is 8.95 Å². The highest BCUT2D eigenvalue weighted by molar-refractivity contribution is 9.10. The molecule has 0 unspecified atom stereocenters. The Morgan fingerprint density at radius 2 is 1.27 bits per heavy atom. The van der Waals surface area contributed by atoms with E-state index in [4.69, 9.17) is 10.0 Å². The van der Waals surface area contributed by atoms with Crippen LogP contribution < -0.4 is 21.4 Å². The molecule has 0 aromatic heterocycles. The van der Waals surface area contributed by atoms with Crippen LogP contribution in [-0.2, 0) is 0 Å². The van der Waals surface area contributed by atoms with Crippen LogP contribution in [0.4, 0.5) is 11.4 Å². The highest BCUT2D eigenvalue weighted by Gasteiger charge is 2.25. The molecule has 1 aliphatic heterocycles. The second-order valence-electron chi connectivity index (χ2n) is 6.91. The molecule has 5 rings (SSSR count). The fraction of sp³-hybridized carbons (Fsp3) is 0. The van der Waals surface area contributed by atoms with Crippen LogP contribution >= 0.6 is 31.9 Å². The van der Waals surface area contributed by atoms with Gasteiger partial charge in [-0.2, -0.15) is 0 Å². The van der Waals surface area contributed by atoms with Crippen molar-refractivity contribution < 1.29 is 10.0 Å². The maximum absolute atomic E-state index is 8.68. The molecule has 0 atom stereocenters. The first-order chi connectivity index (χ1) is 14.5. The first kappa shape index (κ1) is 21.0. The van der Waals surface area contributed by atoms with Gasteiger partial charge in [-0.15, -0.1) is 0 Å². The molecule has 0 saturated carbocycles. The third kappa shape index (κ3) is 4.73. The molecule has 4 nitrogen and oxygen atoms in total. The molecule has 1 aliphatic rings. The molecule has 0 aliphatic carbocycles. The summed E-state index contributed by atoms with van der Waals surface area (Å²) >= 11 is 6.74. The lowest BCUT2D eigenvalue weighted by Gasteiger charge is -2.26. The number of anilines is 2. The smallest absolute Gasteiger partial charge is 0.423 e. The quantitative estimate of drug-likeness (QED) is 0.300. The van der Waals surface area contributed by atoms with Crippen molar-refractivity contribution in [1.82, 2.24) is 0 Å². The van der Waals surface area contributed by atoms with Crippen molar-refractivity contribution in [3.63, 3.8) is 0 Å². The lowest BCUT2D eigenvalue weighted by molar-refractivity contribution is 0.426. The molecule has 30 heavy (non-hydrogen) atoms. The largest absolute Gasteiger partial charge is 0.488 e. The molecule has 4 aromatic rings. The summed E-state index contributed by atoms with van der Waals surface area (Å²) in [5.74, 6) is 0. The highest BCUT2D eigenvalue weighted by Crippen LogP contribution is 2.33. The van der Waals surface area contributed by atoms with Crippen LogP contribution in [0.15, 0.2) is 93.9 Å². The first-order valence-electron chi connectivity index (χ1n) is 9.43. The summed E-state index contributed by atoms with van der Waals surface area (Å²) in [5, 5.41) is 27.0. The van der Waals surface area contributed by atoms with Crippen LogP contribution in [0.2, 0.25) is 0 Å². The van der Waals surface area contributed by atoms with E-state index >= 15 is 0 Å². The number of hydrogen-bond donors (Lipinski definition) is 4. The lowest BCUT2D eigenvalue weighted by atomic mass is 9.66. The van der Waals surface area contributed by atoms with Crippen LogP contribution in [0.25, 0.3) is 10.8 Å². The number of hydrogen-bond acceptors (Lipinski definition) is 4. The fourth-order valence-corrected chi connectivity index (χ4v) is 4.28. The second kappa shape index (κ2) is 9.27. The van der Waals surface area contributed by atoms with Gasteiger partial charge in [-0.3, -0.25) is 0 Å². The van der Waals surface area contributed by atoms with Crippen molar-refractivity contribution in [2.24, 2.45) is 0 Å². The zero-order valence-electron chi connectivity index (χ0n) is 15.9. The first-order valence-corrected chi connectivity index (χ1v) is 11.0. The van der Waals surface area contributed by atoms with E-state index in [1.807, 2.05) is 12.1 Å². The van der Waals surface area contributed by atoms with E-state index in [1.165, 1.54) is 27.6 Å². The topological polar surface area (TPSA) is 64.5 Å². The third-order valence-corrected chi connectivity index (χ3v) is 5.82. The minimum atomic E-state index is -1.38. The Labute approximate surface area is 192 Å². The van der Waals surface area contributed by atoms with Gasteiger partial charge in [0, 0.05) is 25.7 Å². The monoisotopic (exact) mass is 522 g/mol. The summed E-state index contributed by atoms with van der Waals surface area (Å²) in [6.07, 6.45) is 0. The Bertz CT molecular complexity index is 1150. The SMILES string of the molecule is Brc1cccc(B2Nc3cccc4cccc(c34)N2)c1.OB(O)c1cccc(Br)c1. The van der Waals surface area contributed by atoms with Gasteiger partial charge >= 0.3 is 14.1 Å². The molecular weight excluding hydrogens is 506 g/mol. The maximum atomic E-state index is 8.68. The predicted molar refractivity (Wildman–Crippen MR) is 135 cm³/mol. The van der Waals surface area contributed by atoms with Gasteiger partial charge in [-0.05, 0) is 52.7 Å². The average Bonchev–Trinajstić information content (AvgIpc) is 2.74. The molecule has 1 heterocycles. The van der Waals surface area contributed by atoms with Gasteiger partial charge in [0.1, 0.15) is 0 Å². The zero-order valence-corrected chi connectivity index (χ0v) is 19.1. The van der Waals surface area contributed by atoms with E-state index in [2.05, 4.69) is 96.9 Å². The minimum Gasteiger partial charge on any atom is -0.423 e. The fourth-order valence-electron chi connectivity index (χ4n) is 3.45. The standard InChI is InChI=1S/C16H12BBrN2.C6H6BBrO2/c18-13-7-3-6-12(10-13)17-19-14-8-1-4-11-5-2-9-15(20-17)16(11)14;8-6-3-1-2-5(4-6)7(9)10/h1-10,19-20H;1-4,9-10H. The van der Waals surface area contributed by atoms with Gasteiger partial charge in [0.2, 0.25) is 0 Å². The van der Waals surface area contributed by atoms with Crippen molar-refractivity contribution in [3.05, 3.63) is 93.9 Å². The van der Waals surface area contributed by atoms with Crippen molar-refractivity contribution >= 4 is 79.0 Å². The Morgan fingerprint density at radius 3 is 1.80 bits per heavy atom. The molecular formula is C22H18B2Br2N2O2. The number of halogens is 2. The third-order valence-electron chi connectivity index (χ3n) is 4.83. The van der Waals surface area contributed by atoms with E-state index in [0.29, 0.717) is 5.46 Å². The Hall–Kier alpha value is -2.25. The summed E-state index contributed by atoms with van der Waals surface area (Å²) < 4.78 is 1.94. The average molecular weight is 524 g/mol. The van der Waals surface area contributed by atoms with Crippen molar-refractivity contribution in [2.45, 2.75) is 0 Å². The Morgan fingerprint density at radius 1 is 0.700 bits per heavy atom. The normalized spacial score (nSPS) is 11.8. The van der Waals surface area contributed by atoms with Gasteiger partial charge in [0.15, 0.2) is 0 Å². The molecule has 0 bridgehead atoms. The summed E-state index contributed by atoms with van der Waals surface area (Å²) in [4.78, 5) is 0. The van der Waals surface area contributed by atoms with Crippen LogP contribution in [0.5, 0.6) is 0 Å². The predicted octanol–water partition coefficient (Wildman–Crippen LogP) is 3.96. The number of rotatable bonds is 2. The molecule has 4 N–H and O–H groups in total. The summed E-state index contributed by atoms with van der Waals surface area (Å²) in [6.45, 7) is 0.0907. The number of nitrogens with one attached hydrogen (secondary N) is 2. The Kier molecular flexibility index (Phi) is 6.49. The number of benzene rings is 4. The van der Waals surface area contributed by atoms with Gasteiger partial charge < -0.3 is 20.5 Å². The molecule has 0 radical (unpaired) electrons. The molecule has 0 amide bonds. The molecule has 148 valence electrons. The zero-order chi connectivity index (χ0) is 21.1. The highest BCUT2D eigenvalue weighted by atomic mass is 79.9. The Balaban J connectivity index is 0.000000185. The molecule has 8 heteroatoms. The van der Waals surface area contributed by atoms with Crippen LogP contribution in [-0.4, -0.2) is 24.1 Å². The van der Waals surface area contributed by atoms with E-state index in [9.17, 15) is 0 Å². The summed E-state index contributed by atoms with van der Waals surface area (Å²) in [7, 11) is -1.38. The van der Waals surface area contributed by atoms with Crippen molar-refractivity contribution in [2.75, 3.05) is 10.5 Å². The molecule has 0 saturated heterocycles. The summed E-state index contributed by atoms with van der Waals surface area (Å²) in [5.41, 5.74) is 4.07. The van der Waals surface area contributed by atoms with E-state index in [1.54, 1.807) is 18.2 Å². The van der Waals surface area contributed by atoms with Crippen LogP contribution in [0.1, 0.15) is 0 Å². The minimum absolute atomic E-state index is 0.0907. The van der Waals surface area contributed by atoms with Gasteiger partial charge in [0.05, 0.1) is 0 Å². The van der Waals surface area contributed by atoms with Gasteiger partial charge in [-0.25, -0.2) is 0 Å². The van der Waals surface area contributed by atoms with E-state index < -0.39 is 7.12 Å². The van der Waals surface area contributed by atoms with Crippen molar-refractivity contribution in [1.29, 1.82) is 0 Å². The molecule has 0 spiro atoms. The summed E-state index contributed by atoms with van der Waals surface area (Å²) in [6, 6.07) is 28.0.